The summed E-state index contributed by atoms with van der Waals surface area (Å²) >= 11 is 1.51. The predicted molar refractivity (Wildman–Crippen MR) is 229 cm³/mol. The van der Waals surface area contributed by atoms with E-state index in [0.717, 1.165) is 55.8 Å². The van der Waals surface area contributed by atoms with E-state index in [0.29, 0.717) is 4.83 Å². The topological polar surface area (TPSA) is 43.1 Å². The second kappa shape index (κ2) is 15.8. The number of nitrogens with zero attached hydrogens (tertiary/aromatic N) is 4. The van der Waals surface area contributed by atoms with Crippen LogP contribution >= 0.6 is 11.3 Å². The van der Waals surface area contributed by atoms with Gasteiger partial charge in [0.15, 0.2) is 0 Å². The van der Waals surface area contributed by atoms with Gasteiger partial charge in [0, 0.05) is 23.9 Å². The number of halogens is 1. The predicted octanol–water partition coefficient (Wildman–Crippen LogP) is 12.8. The third-order valence-electron chi connectivity index (χ3n) is 9.80. The molecule has 4 heterocycles. The molecule has 4 nitrogen and oxygen atoms in total. The molecule has 55 heavy (non-hydrogen) atoms. The average molecular weight is 938 g/mol. The second-order valence-electron chi connectivity index (χ2n) is 14.9. The summed E-state index contributed by atoms with van der Waals surface area (Å²) in [7, 11) is -1.61. The van der Waals surface area contributed by atoms with E-state index < -0.39 is 26.8 Å². The molecule has 8 aromatic rings. The van der Waals surface area contributed by atoms with Crippen molar-refractivity contribution in [1.29, 1.82) is 0 Å². The van der Waals surface area contributed by atoms with Crippen molar-refractivity contribution in [2.24, 2.45) is 0 Å². The SMILES string of the molecule is Fc1ccc2c(n1)sc1c(C3[N-]c4cc5ccccc5cc4N3Cc3ccccc3)[c-]ccc12.[2H]C([2H])([2H])c1c[c-]c(-c2cc(C([2H])(C)C)c([Si](C)(C)C)cn2)cc1.[Ir+3]. The van der Waals surface area contributed by atoms with Crippen LogP contribution in [0.15, 0.2) is 121 Å². The number of hydrogen-bond donors (Lipinski definition) is 0. The van der Waals surface area contributed by atoms with Crippen molar-refractivity contribution in [3.63, 3.8) is 0 Å². The Morgan fingerprint density at radius 3 is 2.40 bits per heavy atom. The van der Waals surface area contributed by atoms with Gasteiger partial charge in [0.25, 0.3) is 0 Å². The van der Waals surface area contributed by atoms with E-state index in [1.54, 1.807) is 12.1 Å². The molecule has 3 aromatic heterocycles. The molecule has 1 unspecified atom stereocenters. The Balaban J connectivity index is 0.000000188. The van der Waals surface area contributed by atoms with Crippen molar-refractivity contribution < 1.29 is 30.0 Å². The average Bonchev–Trinajstić information content (AvgIpc) is 3.73. The fraction of sp³-hybridized carbons (Fsp3) is 0.191. The van der Waals surface area contributed by atoms with E-state index >= 15 is 0 Å². The minimum atomic E-state index is -2.13. The van der Waals surface area contributed by atoms with Gasteiger partial charge in [-0.2, -0.15) is 33.9 Å². The number of thiophene rings is 1. The number of benzene rings is 5. The molecule has 0 saturated carbocycles. The summed E-state index contributed by atoms with van der Waals surface area (Å²) in [5.74, 6) is -1.17. The van der Waals surface area contributed by atoms with E-state index in [-0.39, 0.29) is 31.8 Å². The molecule has 0 aliphatic carbocycles. The Kier molecular flexibility index (Phi) is 9.65. The Morgan fingerprint density at radius 2 is 1.69 bits per heavy atom. The van der Waals surface area contributed by atoms with E-state index in [1.807, 2.05) is 50.4 Å². The van der Waals surface area contributed by atoms with Gasteiger partial charge in [0.05, 0.1) is 8.07 Å². The van der Waals surface area contributed by atoms with E-state index in [4.69, 9.17) is 10.8 Å². The van der Waals surface area contributed by atoms with Gasteiger partial charge < -0.3 is 15.2 Å². The van der Waals surface area contributed by atoms with E-state index in [9.17, 15) is 4.39 Å². The van der Waals surface area contributed by atoms with Crippen molar-refractivity contribution in [3.05, 3.63) is 167 Å². The monoisotopic (exact) mass is 938 g/mol. The van der Waals surface area contributed by atoms with Crippen LogP contribution in [0.5, 0.6) is 0 Å². The minimum Gasteiger partial charge on any atom is -0.661 e. The van der Waals surface area contributed by atoms with Gasteiger partial charge in [-0.15, -0.1) is 52.0 Å². The zero-order valence-corrected chi connectivity index (χ0v) is 35.5. The van der Waals surface area contributed by atoms with Crippen LogP contribution in [0.4, 0.5) is 15.8 Å². The Hall–Kier alpha value is -4.72. The number of hydrogen-bond acceptors (Lipinski definition) is 4. The molecule has 1 aliphatic heterocycles. The Morgan fingerprint density at radius 1 is 0.927 bits per heavy atom. The summed E-state index contributed by atoms with van der Waals surface area (Å²) in [5.41, 5.74) is 7.04. The second-order valence-corrected chi connectivity index (χ2v) is 20.9. The zero-order valence-electron chi connectivity index (χ0n) is 35.2. The molecule has 0 fully saturated rings. The summed E-state index contributed by atoms with van der Waals surface area (Å²) in [6, 6.07) is 43.8. The normalized spacial score (nSPS) is 15.2. The molecule has 8 heteroatoms. The summed E-state index contributed by atoms with van der Waals surface area (Å²) in [5, 5.41) is 10.8. The molecule has 0 amide bonds. The number of pyridine rings is 2. The molecule has 0 N–H and O–H groups in total. The molecule has 0 spiro atoms. The molecule has 5 aromatic carbocycles. The first-order valence-corrected chi connectivity index (χ1v) is 22.3. The van der Waals surface area contributed by atoms with Gasteiger partial charge in [0.1, 0.15) is 4.83 Å². The van der Waals surface area contributed by atoms with Crippen molar-refractivity contribution in [2.75, 3.05) is 4.90 Å². The summed E-state index contributed by atoms with van der Waals surface area (Å²) in [6.07, 6.45) is 1.66. The standard InChI is InChI=1S/C29H18FN3S.C18H24NSi.Ir/c30-26-14-13-22-21-11-6-12-23(27(21)34-29(22)32-26)28-31-24-15-19-9-4-5-10-20(19)16-25(24)33(28)17-18-7-2-1-3-8-18;1-13(2)16-11-17(15-9-7-14(3)8-10-15)19-12-18(16)20(4,5)6;/h1-11,13-16,28H,17H2;7-9,11-13H,1-6H3;/q-2;-1;+3/i;3D3,13D;. The summed E-state index contributed by atoms with van der Waals surface area (Å²) in [6.45, 7) is 9.11. The molecule has 1 aliphatic rings. The molecule has 9 rings (SSSR count). The molecule has 276 valence electrons. The zero-order chi connectivity index (χ0) is 41.0. The first-order chi connectivity index (χ1) is 27.5. The Labute approximate surface area is 347 Å². The van der Waals surface area contributed by atoms with Gasteiger partial charge in [-0.1, -0.05) is 117 Å². The fourth-order valence-electron chi connectivity index (χ4n) is 7.07. The number of anilines is 1. The van der Waals surface area contributed by atoms with Gasteiger partial charge in [-0.3, -0.25) is 0 Å². The van der Waals surface area contributed by atoms with Crippen LogP contribution in [0.2, 0.25) is 19.6 Å². The van der Waals surface area contributed by atoms with E-state index in [2.05, 4.69) is 107 Å². The van der Waals surface area contributed by atoms with Crippen molar-refractivity contribution in [2.45, 2.75) is 58.9 Å². The van der Waals surface area contributed by atoms with Gasteiger partial charge in [0.2, 0.25) is 5.95 Å². The molecule has 0 radical (unpaired) electrons. The summed E-state index contributed by atoms with van der Waals surface area (Å²) in [4.78, 5) is 11.7. The van der Waals surface area contributed by atoms with Crippen LogP contribution < -0.4 is 10.1 Å². The maximum absolute atomic E-state index is 13.8. The number of rotatable bonds is 6. The third-order valence-corrected chi connectivity index (χ3v) is 13.0. The van der Waals surface area contributed by atoms with E-state index in [1.165, 1.54) is 45.0 Å². The largest absolute Gasteiger partial charge is 3.00 e. The summed E-state index contributed by atoms with van der Waals surface area (Å²) < 4.78 is 45.7. The fourth-order valence-corrected chi connectivity index (χ4v) is 9.82. The van der Waals surface area contributed by atoms with Crippen LogP contribution in [0, 0.1) is 24.9 Å². The maximum atomic E-state index is 13.8. The third kappa shape index (κ3) is 7.87. The molecule has 0 bridgehead atoms. The van der Waals surface area contributed by atoms with Crippen LogP contribution in [0.1, 0.15) is 53.6 Å². The Bertz CT molecular complexity index is 2780. The quantitative estimate of drug-likeness (QED) is 0.0948. The number of aryl methyl sites for hydroxylation is 1. The van der Waals surface area contributed by atoms with Gasteiger partial charge in [-0.25, -0.2) is 4.98 Å². The molecular weight excluding hydrogens is 892 g/mol. The minimum absolute atomic E-state index is 0. The first kappa shape index (κ1) is 33.6. The van der Waals surface area contributed by atoms with Crippen molar-refractivity contribution in [3.8, 4) is 11.3 Å². The molecule has 1 atom stereocenters. The van der Waals surface area contributed by atoms with Crippen LogP contribution in [0.25, 0.3) is 47.6 Å². The number of aromatic nitrogens is 2. The van der Waals surface area contributed by atoms with Crippen LogP contribution in [-0.4, -0.2) is 18.0 Å². The van der Waals surface area contributed by atoms with Crippen LogP contribution in [-0.2, 0) is 26.7 Å². The van der Waals surface area contributed by atoms with Crippen molar-refractivity contribution >= 4 is 67.0 Å². The van der Waals surface area contributed by atoms with Crippen molar-refractivity contribution in [1.82, 2.24) is 9.97 Å². The van der Waals surface area contributed by atoms with Crippen LogP contribution in [0.3, 0.4) is 0 Å². The molecular formula is C47H42FIrN4SSi. The smallest absolute Gasteiger partial charge is 0.661 e. The maximum Gasteiger partial charge on any atom is 3.00 e. The van der Waals surface area contributed by atoms with Gasteiger partial charge >= 0.3 is 20.1 Å². The first-order valence-electron chi connectivity index (χ1n) is 20.0. The van der Waals surface area contributed by atoms with Gasteiger partial charge in [-0.05, 0) is 62.9 Å². The molecule has 0 saturated heterocycles. The number of fused-ring (bicyclic) bond motifs is 5.